The summed E-state index contributed by atoms with van der Waals surface area (Å²) >= 11 is 3.27. The Morgan fingerprint density at radius 2 is 2.15 bits per heavy atom. The number of esters is 1. The zero-order valence-electron chi connectivity index (χ0n) is 7.16. The van der Waals surface area contributed by atoms with Crippen LogP contribution in [0.15, 0.2) is 40.9 Å². The highest BCUT2D eigenvalue weighted by molar-refractivity contribution is 9.10. The second-order valence-electron chi connectivity index (χ2n) is 2.35. The van der Waals surface area contributed by atoms with Crippen LogP contribution in [0.4, 0.5) is 0 Å². The molecule has 0 spiro atoms. The molecule has 0 aliphatic heterocycles. The van der Waals surface area contributed by atoms with Gasteiger partial charge in [0.1, 0.15) is 5.75 Å². The van der Waals surface area contributed by atoms with E-state index in [0.717, 1.165) is 4.47 Å². The molecule has 0 radical (unpaired) electrons. The highest BCUT2D eigenvalue weighted by Crippen LogP contribution is 2.23. The fourth-order valence-corrected chi connectivity index (χ4v) is 1.17. The van der Waals surface area contributed by atoms with Gasteiger partial charge in [0.2, 0.25) is 0 Å². The summed E-state index contributed by atoms with van der Waals surface area (Å²) in [6.07, 6.45) is 3.01. The monoisotopic (exact) mass is 240 g/mol. The first-order valence-electron chi connectivity index (χ1n) is 3.83. The molecule has 0 atom stereocenters. The molecule has 2 nitrogen and oxygen atoms in total. The molecule has 1 aromatic carbocycles. The Bertz CT molecular complexity index is 331. The van der Waals surface area contributed by atoms with Crippen LogP contribution in [0.2, 0.25) is 0 Å². The van der Waals surface area contributed by atoms with Gasteiger partial charge in [-0.15, -0.1) is 0 Å². The fourth-order valence-electron chi connectivity index (χ4n) is 0.806. The van der Waals surface area contributed by atoms with Gasteiger partial charge in [-0.3, -0.25) is 0 Å². The minimum Gasteiger partial charge on any atom is -0.422 e. The zero-order chi connectivity index (χ0) is 9.68. The SMILES string of the molecule is C/C=C/C(=O)Oc1ccccc1Br. The standard InChI is InChI=1S/C10H9BrO2/c1-2-5-10(12)13-9-7-4-3-6-8(9)11/h2-7H,1H3/b5-2+. The van der Waals surface area contributed by atoms with Gasteiger partial charge >= 0.3 is 5.97 Å². The summed E-state index contributed by atoms with van der Waals surface area (Å²) in [6.45, 7) is 1.77. The molecule has 0 bridgehead atoms. The number of halogens is 1. The minimum absolute atomic E-state index is 0.366. The lowest BCUT2D eigenvalue weighted by molar-refractivity contribution is -0.129. The molecule has 0 heterocycles. The predicted octanol–water partition coefficient (Wildman–Crippen LogP) is 2.93. The maximum Gasteiger partial charge on any atom is 0.335 e. The van der Waals surface area contributed by atoms with Crippen LogP contribution in [-0.4, -0.2) is 5.97 Å². The van der Waals surface area contributed by atoms with Crippen molar-refractivity contribution >= 4 is 21.9 Å². The molecule has 1 rings (SSSR count). The van der Waals surface area contributed by atoms with Gasteiger partial charge in [-0.2, -0.15) is 0 Å². The van der Waals surface area contributed by atoms with Crippen LogP contribution in [0.25, 0.3) is 0 Å². The van der Waals surface area contributed by atoms with E-state index < -0.39 is 0 Å². The van der Waals surface area contributed by atoms with Crippen molar-refractivity contribution in [3.8, 4) is 5.75 Å². The molecular formula is C10H9BrO2. The van der Waals surface area contributed by atoms with Gasteiger partial charge < -0.3 is 4.74 Å². The van der Waals surface area contributed by atoms with E-state index in [4.69, 9.17) is 4.74 Å². The van der Waals surface area contributed by atoms with E-state index >= 15 is 0 Å². The average Bonchev–Trinajstić information content (AvgIpc) is 2.09. The van der Waals surface area contributed by atoms with E-state index in [1.165, 1.54) is 6.08 Å². The summed E-state index contributed by atoms with van der Waals surface area (Å²) in [5.41, 5.74) is 0. The Balaban J connectivity index is 2.74. The smallest absolute Gasteiger partial charge is 0.335 e. The van der Waals surface area contributed by atoms with Crippen molar-refractivity contribution in [3.05, 3.63) is 40.9 Å². The van der Waals surface area contributed by atoms with Gasteiger partial charge in [-0.1, -0.05) is 18.2 Å². The Morgan fingerprint density at radius 1 is 1.46 bits per heavy atom. The maximum absolute atomic E-state index is 11.0. The Hall–Kier alpha value is -1.09. The minimum atomic E-state index is -0.366. The highest BCUT2D eigenvalue weighted by Gasteiger charge is 2.02. The third-order valence-electron chi connectivity index (χ3n) is 1.35. The van der Waals surface area contributed by atoms with Crippen LogP contribution in [-0.2, 0) is 4.79 Å². The lowest BCUT2D eigenvalue weighted by Crippen LogP contribution is -2.03. The quantitative estimate of drug-likeness (QED) is 0.452. The normalized spacial score (nSPS) is 10.3. The lowest BCUT2D eigenvalue weighted by atomic mass is 10.3. The summed E-state index contributed by atoms with van der Waals surface area (Å²) in [5, 5.41) is 0. The Morgan fingerprint density at radius 3 is 2.77 bits per heavy atom. The molecule has 1 aromatic rings. The lowest BCUT2D eigenvalue weighted by Gasteiger charge is -2.02. The number of allylic oxidation sites excluding steroid dienone is 1. The predicted molar refractivity (Wildman–Crippen MR) is 54.6 cm³/mol. The van der Waals surface area contributed by atoms with Gasteiger partial charge in [0.15, 0.2) is 0 Å². The van der Waals surface area contributed by atoms with Crippen molar-refractivity contribution in [2.24, 2.45) is 0 Å². The van der Waals surface area contributed by atoms with E-state index in [1.807, 2.05) is 18.2 Å². The van der Waals surface area contributed by atoms with E-state index in [0.29, 0.717) is 5.75 Å². The second-order valence-corrected chi connectivity index (χ2v) is 3.21. The van der Waals surface area contributed by atoms with Crippen LogP contribution in [0.1, 0.15) is 6.92 Å². The summed E-state index contributed by atoms with van der Waals surface area (Å²) in [7, 11) is 0. The molecule has 0 aliphatic rings. The summed E-state index contributed by atoms with van der Waals surface area (Å²) in [5.74, 6) is 0.167. The molecule has 3 heteroatoms. The molecule has 0 aromatic heterocycles. The Labute approximate surface area is 85.3 Å². The van der Waals surface area contributed by atoms with Gasteiger partial charge in [0.05, 0.1) is 4.47 Å². The topological polar surface area (TPSA) is 26.3 Å². The van der Waals surface area contributed by atoms with Crippen molar-refractivity contribution in [2.45, 2.75) is 6.92 Å². The van der Waals surface area contributed by atoms with E-state index in [1.54, 1.807) is 19.1 Å². The van der Waals surface area contributed by atoms with Gasteiger partial charge in [0.25, 0.3) is 0 Å². The van der Waals surface area contributed by atoms with Crippen molar-refractivity contribution in [1.29, 1.82) is 0 Å². The van der Waals surface area contributed by atoms with Crippen molar-refractivity contribution in [2.75, 3.05) is 0 Å². The van der Waals surface area contributed by atoms with E-state index in [2.05, 4.69) is 15.9 Å². The molecule has 0 unspecified atom stereocenters. The number of hydrogen-bond acceptors (Lipinski definition) is 2. The number of rotatable bonds is 2. The molecule has 0 N–H and O–H groups in total. The third-order valence-corrected chi connectivity index (χ3v) is 2.01. The average molecular weight is 241 g/mol. The van der Waals surface area contributed by atoms with Gasteiger partial charge in [-0.25, -0.2) is 4.79 Å². The molecule has 68 valence electrons. The van der Waals surface area contributed by atoms with Crippen molar-refractivity contribution in [3.63, 3.8) is 0 Å². The molecule has 0 saturated heterocycles. The molecule has 13 heavy (non-hydrogen) atoms. The van der Waals surface area contributed by atoms with E-state index in [9.17, 15) is 4.79 Å². The molecule has 0 fully saturated rings. The first-order valence-corrected chi connectivity index (χ1v) is 4.62. The summed E-state index contributed by atoms with van der Waals surface area (Å²) in [4.78, 5) is 11.0. The van der Waals surface area contributed by atoms with Crippen molar-refractivity contribution < 1.29 is 9.53 Å². The number of carbonyl (C=O) groups is 1. The van der Waals surface area contributed by atoms with Crippen LogP contribution >= 0.6 is 15.9 Å². The Kier molecular flexibility index (Phi) is 3.71. The van der Waals surface area contributed by atoms with Crippen LogP contribution < -0.4 is 4.74 Å². The maximum atomic E-state index is 11.0. The fraction of sp³-hybridized carbons (Fsp3) is 0.100. The second kappa shape index (κ2) is 4.82. The third kappa shape index (κ3) is 3.03. The first-order chi connectivity index (χ1) is 6.24. The molecular weight excluding hydrogens is 232 g/mol. The number of benzene rings is 1. The molecule has 0 saturated carbocycles. The number of hydrogen-bond donors (Lipinski definition) is 0. The van der Waals surface area contributed by atoms with Gasteiger partial charge in [-0.05, 0) is 35.0 Å². The molecule has 0 aliphatic carbocycles. The molecule has 0 amide bonds. The first kappa shape index (κ1) is 9.99. The highest BCUT2D eigenvalue weighted by atomic mass is 79.9. The largest absolute Gasteiger partial charge is 0.422 e. The van der Waals surface area contributed by atoms with E-state index in [-0.39, 0.29) is 5.97 Å². The van der Waals surface area contributed by atoms with Crippen LogP contribution in [0, 0.1) is 0 Å². The van der Waals surface area contributed by atoms with Gasteiger partial charge in [0, 0.05) is 6.08 Å². The summed E-state index contributed by atoms with van der Waals surface area (Å²) in [6, 6.07) is 7.21. The summed E-state index contributed by atoms with van der Waals surface area (Å²) < 4.78 is 5.78. The van der Waals surface area contributed by atoms with Crippen LogP contribution in [0.3, 0.4) is 0 Å². The van der Waals surface area contributed by atoms with Crippen molar-refractivity contribution in [1.82, 2.24) is 0 Å². The number of ether oxygens (including phenoxy) is 1. The zero-order valence-corrected chi connectivity index (χ0v) is 8.74. The number of carbonyl (C=O) groups excluding carboxylic acids is 1. The van der Waals surface area contributed by atoms with Crippen LogP contribution in [0.5, 0.6) is 5.75 Å². The number of para-hydroxylation sites is 1.